The van der Waals surface area contributed by atoms with Gasteiger partial charge in [-0.2, -0.15) is 9.50 Å². The van der Waals surface area contributed by atoms with Crippen LogP contribution in [0.4, 0.5) is 11.8 Å². The van der Waals surface area contributed by atoms with Crippen molar-refractivity contribution in [3.8, 4) is 16.9 Å². The molecule has 27 heavy (non-hydrogen) atoms. The highest BCUT2D eigenvalue weighted by atomic mass is 16.5. The van der Waals surface area contributed by atoms with E-state index in [0.717, 1.165) is 16.9 Å². The summed E-state index contributed by atoms with van der Waals surface area (Å²) in [7, 11) is 9.21. The van der Waals surface area contributed by atoms with E-state index in [-0.39, 0.29) is 0 Å². The average molecular weight is 366 g/mol. The second-order valence-electron chi connectivity index (χ2n) is 6.26. The number of benzene rings is 1. The summed E-state index contributed by atoms with van der Waals surface area (Å²) in [5.41, 5.74) is 1.78. The van der Waals surface area contributed by atoms with Crippen LogP contribution in [0.15, 0.2) is 40.4 Å². The van der Waals surface area contributed by atoms with Gasteiger partial charge in [-0.25, -0.2) is 15.0 Å². The molecule has 0 saturated carbocycles. The number of hydrogen-bond acceptors (Lipinski definition) is 6. The Labute approximate surface area is 157 Å². The summed E-state index contributed by atoms with van der Waals surface area (Å²) in [6, 6.07) is 7.71. The largest absolute Gasteiger partial charge is 0.497 e. The molecule has 0 aliphatic carbocycles. The van der Waals surface area contributed by atoms with E-state index in [1.165, 1.54) is 0 Å². The lowest BCUT2D eigenvalue weighted by molar-refractivity contribution is 0.415. The molecule has 1 aromatic carbocycles. The fourth-order valence-corrected chi connectivity index (χ4v) is 2.30. The first-order valence-electron chi connectivity index (χ1n) is 8.29. The van der Waals surface area contributed by atoms with Crippen LogP contribution >= 0.6 is 0 Å². The summed E-state index contributed by atoms with van der Waals surface area (Å²) >= 11 is 0. The van der Waals surface area contributed by atoms with Crippen LogP contribution < -0.4 is 4.74 Å². The van der Waals surface area contributed by atoms with Gasteiger partial charge < -0.3 is 14.5 Å². The Balaban J connectivity index is 2.15. The van der Waals surface area contributed by atoms with Crippen molar-refractivity contribution in [3.05, 3.63) is 30.5 Å². The molecular formula is C18H22N8O. The maximum Gasteiger partial charge on any atom is 0.272 e. The van der Waals surface area contributed by atoms with Crippen molar-refractivity contribution in [1.82, 2.24) is 29.4 Å². The fraction of sp³-hybridized carbons (Fsp3) is 0.278. The van der Waals surface area contributed by atoms with Gasteiger partial charge in [0.25, 0.3) is 11.7 Å². The predicted octanol–water partition coefficient (Wildman–Crippen LogP) is 2.24. The number of fused-ring (bicyclic) bond motifs is 1. The maximum absolute atomic E-state index is 5.23. The van der Waals surface area contributed by atoms with E-state index in [2.05, 4.69) is 25.1 Å². The quantitative estimate of drug-likeness (QED) is 0.491. The molecule has 3 aromatic rings. The Morgan fingerprint density at radius 1 is 1.00 bits per heavy atom. The van der Waals surface area contributed by atoms with Crippen LogP contribution in [0.3, 0.4) is 0 Å². The van der Waals surface area contributed by atoms with Gasteiger partial charge in [0.1, 0.15) is 5.75 Å². The normalized spacial score (nSPS) is 11.6. The van der Waals surface area contributed by atoms with Gasteiger partial charge in [-0.15, -0.1) is 5.10 Å². The number of nitrogens with zero attached hydrogens (tertiary/aromatic N) is 8. The van der Waals surface area contributed by atoms with E-state index in [1.54, 1.807) is 30.5 Å². The smallest absolute Gasteiger partial charge is 0.272 e. The minimum absolute atomic E-state index is 0.324. The number of ether oxygens (including phenoxy) is 1. The zero-order valence-corrected chi connectivity index (χ0v) is 16.0. The topological polar surface area (TPSA) is 83.5 Å². The maximum atomic E-state index is 5.23. The monoisotopic (exact) mass is 366 g/mol. The molecule has 3 rings (SSSR count). The SMILES string of the molecule is COc1ccc(-c2cnc3nc(N=CN(C)C)nn3c2N=CN(C)C)cc1. The Morgan fingerprint density at radius 3 is 2.30 bits per heavy atom. The van der Waals surface area contributed by atoms with Crippen LogP contribution in [0.1, 0.15) is 0 Å². The molecular weight excluding hydrogens is 344 g/mol. The Hall–Kier alpha value is -3.49. The van der Waals surface area contributed by atoms with E-state index in [1.807, 2.05) is 62.3 Å². The van der Waals surface area contributed by atoms with Crippen molar-refractivity contribution in [3.63, 3.8) is 0 Å². The van der Waals surface area contributed by atoms with Gasteiger partial charge in [0.05, 0.1) is 19.8 Å². The second kappa shape index (κ2) is 7.81. The molecule has 0 atom stereocenters. The van der Waals surface area contributed by atoms with E-state index >= 15 is 0 Å². The summed E-state index contributed by atoms with van der Waals surface area (Å²) in [6.45, 7) is 0. The molecule has 9 heteroatoms. The molecule has 0 spiro atoms. The van der Waals surface area contributed by atoms with Gasteiger partial charge in [-0.3, -0.25) is 0 Å². The van der Waals surface area contributed by atoms with Crippen LogP contribution in [0.2, 0.25) is 0 Å². The summed E-state index contributed by atoms with van der Waals surface area (Å²) in [5.74, 6) is 2.17. The third kappa shape index (κ3) is 4.20. The third-order valence-corrected chi connectivity index (χ3v) is 3.55. The van der Waals surface area contributed by atoms with Crippen molar-refractivity contribution in [2.24, 2.45) is 9.98 Å². The van der Waals surface area contributed by atoms with Gasteiger partial charge in [0.15, 0.2) is 5.82 Å². The lowest BCUT2D eigenvalue weighted by Crippen LogP contribution is -2.08. The zero-order chi connectivity index (χ0) is 19.4. The molecule has 0 radical (unpaired) electrons. The molecule has 140 valence electrons. The number of rotatable bonds is 6. The molecule has 2 heterocycles. The first-order chi connectivity index (χ1) is 13.0. The lowest BCUT2D eigenvalue weighted by Gasteiger charge is -2.09. The van der Waals surface area contributed by atoms with Crippen molar-refractivity contribution in [2.75, 3.05) is 35.3 Å². The molecule has 0 saturated heterocycles. The summed E-state index contributed by atoms with van der Waals surface area (Å²) in [4.78, 5) is 21.3. The van der Waals surface area contributed by atoms with E-state index < -0.39 is 0 Å². The molecule has 0 fully saturated rings. The van der Waals surface area contributed by atoms with Crippen molar-refractivity contribution in [2.45, 2.75) is 0 Å². The van der Waals surface area contributed by atoms with Gasteiger partial charge in [0.2, 0.25) is 0 Å². The highest BCUT2D eigenvalue weighted by molar-refractivity contribution is 5.77. The molecule has 0 bridgehead atoms. The third-order valence-electron chi connectivity index (χ3n) is 3.55. The minimum atomic E-state index is 0.324. The fourth-order valence-electron chi connectivity index (χ4n) is 2.30. The van der Waals surface area contributed by atoms with Gasteiger partial charge in [-0.05, 0) is 17.7 Å². The van der Waals surface area contributed by atoms with E-state index in [0.29, 0.717) is 17.5 Å². The first kappa shape index (κ1) is 18.3. The lowest BCUT2D eigenvalue weighted by atomic mass is 10.1. The minimum Gasteiger partial charge on any atom is -0.497 e. The first-order valence-corrected chi connectivity index (χ1v) is 8.29. The molecule has 0 N–H and O–H groups in total. The van der Waals surface area contributed by atoms with Gasteiger partial charge in [-0.1, -0.05) is 12.1 Å². The van der Waals surface area contributed by atoms with Crippen molar-refractivity contribution >= 4 is 30.2 Å². The number of methoxy groups -OCH3 is 1. The van der Waals surface area contributed by atoms with Crippen LogP contribution in [-0.2, 0) is 0 Å². The molecule has 0 unspecified atom stereocenters. The molecule has 0 aliphatic rings. The second-order valence-corrected chi connectivity index (χ2v) is 6.26. The van der Waals surface area contributed by atoms with Crippen LogP contribution in [0.5, 0.6) is 5.75 Å². The Bertz CT molecular complexity index is 973. The zero-order valence-electron chi connectivity index (χ0n) is 16.0. The van der Waals surface area contributed by atoms with E-state index in [9.17, 15) is 0 Å². The molecule has 0 aliphatic heterocycles. The Morgan fingerprint density at radius 2 is 1.67 bits per heavy atom. The average Bonchev–Trinajstić information content (AvgIpc) is 3.07. The van der Waals surface area contributed by atoms with E-state index in [4.69, 9.17) is 4.74 Å². The molecule has 9 nitrogen and oxygen atoms in total. The van der Waals surface area contributed by atoms with Crippen LogP contribution in [0.25, 0.3) is 16.9 Å². The standard InChI is InChI=1S/C18H22N8O/c1-24(2)11-20-16-15(13-6-8-14(27-5)9-7-13)10-19-18-22-17(23-26(16)18)21-12-25(3)4/h6-12H,1-5H3. The molecule has 0 amide bonds. The summed E-state index contributed by atoms with van der Waals surface area (Å²) < 4.78 is 6.83. The highest BCUT2D eigenvalue weighted by Gasteiger charge is 2.14. The highest BCUT2D eigenvalue weighted by Crippen LogP contribution is 2.31. The van der Waals surface area contributed by atoms with Gasteiger partial charge >= 0.3 is 0 Å². The predicted molar refractivity (Wildman–Crippen MR) is 106 cm³/mol. The van der Waals surface area contributed by atoms with Gasteiger partial charge in [0, 0.05) is 40.0 Å². The Kier molecular flexibility index (Phi) is 5.30. The number of hydrogen-bond donors (Lipinski definition) is 0. The van der Waals surface area contributed by atoms with Crippen LogP contribution in [0, 0.1) is 0 Å². The summed E-state index contributed by atoms with van der Waals surface area (Å²) in [5, 5.41) is 4.44. The van der Waals surface area contributed by atoms with Crippen molar-refractivity contribution in [1.29, 1.82) is 0 Å². The number of aromatic nitrogens is 4. The van der Waals surface area contributed by atoms with Crippen LogP contribution in [-0.4, -0.2) is 77.4 Å². The van der Waals surface area contributed by atoms with Crippen molar-refractivity contribution < 1.29 is 4.74 Å². The summed E-state index contributed by atoms with van der Waals surface area (Å²) in [6.07, 6.45) is 5.10. The number of aliphatic imine (C=N–C) groups is 2. The molecule has 2 aromatic heterocycles.